The van der Waals surface area contributed by atoms with Crippen molar-refractivity contribution in [3.8, 4) is 5.75 Å². The number of carbonyl (C=O) groups excluding carboxylic acids is 1. The third-order valence-electron chi connectivity index (χ3n) is 2.91. The lowest BCUT2D eigenvalue weighted by atomic mass is 10.1. The van der Waals surface area contributed by atoms with Gasteiger partial charge in [-0.15, -0.1) is 0 Å². The standard InChI is InChI=1S/C14H11BrN2O2/c15-11-6-12(8-16-7-11)17-14(18)10-1-2-13-9(5-10)3-4-19-13/h1-2,5-8H,3-4H2,(H,17,18). The smallest absolute Gasteiger partial charge is 0.255 e. The molecule has 1 aromatic carbocycles. The van der Waals surface area contributed by atoms with E-state index in [-0.39, 0.29) is 5.91 Å². The van der Waals surface area contributed by atoms with E-state index in [1.807, 2.05) is 12.1 Å². The van der Waals surface area contributed by atoms with Gasteiger partial charge >= 0.3 is 0 Å². The maximum Gasteiger partial charge on any atom is 0.255 e. The maximum absolute atomic E-state index is 12.1. The number of pyridine rings is 1. The van der Waals surface area contributed by atoms with Crippen molar-refractivity contribution in [3.63, 3.8) is 0 Å². The van der Waals surface area contributed by atoms with Crippen molar-refractivity contribution in [3.05, 3.63) is 52.3 Å². The Balaban J connectivity index is 1.81. The highest BCUT2D eigenvalue weighted by Crippen LogP contribution is 2.26. The zero-order chi connectivity index (χ0) is 13.2. The number of carbonyl (C=O) groups is 1. The lowest BCUT2D eigenvalue weighted by molar-refractivity contribution is 0.102. The molecule has 3 rings (SSSR count). The number of anilines is 1. The van der Waals surface area contributed by atoms with Crippen LogP contribution >= 0.6 is 15.9 Å². The van der Waals surface area contributed by atoms with Crippen molar-refractivity contribution in [2.45, 2.75) is 6.42 Å². The van der Waals surface area contributed by atoms with Crippen LogP contribution in [0.5, 0.6) is 5.75 Å². The molecule has 2 aromatic rings. The molecular weight excluding hydrogens is 308 g/mol. The van der Waals surface area contributed by atoms with Gasteiger partial charge in [-0.1, -0.05) is 0 Å². The molecule has 2 heterocycles. The van der Waals surface area contributed by atoms with Crippen molar-refractivity contribution in [2.75, 3.05) is 11.9 Å². The molecule has 0 spiro atoms. The molecule has 19 heavy (non-hydrogen) atoms. The monoisotopic (exact) mass is 318 g/mol. The molecular formula is C14H11BrN2O2. The van der Waals surface area contributed by atoms with Crippen LogP contribution in [0.2, 0.25) is 0 Å². The Labute approximate surface area is 118 Å². The highest BCUT2D eigenvalue weighted by Gasteiger charge is 2.15. The van der Waals surface area contributed by atoms with Gasteiger partial charge in [0.15, 0.2) is 0 Å². The first kappa shape index (κ1) is 12.2. The minimum Gasteiger partial charge on any atom is -0.493 e. The van der Waals surface area contributed by atoms with Gasteiger partial charge in [-0.25, -0.2) is 0 Å². The first-order chi connectivity index (χ1) is 9.22. The largest absolute Gasteiger partial charge is 0.493 e. The summed E-state index contributed by atoms with van der Waals surface area (Å²) in [6.45, 7) is 0.690. The highest BCUT2D eigenvalue weighted by atomic mass is 79.9. The molecule has 0 radical (unpaired) electrons. The molecule has 1 aliphatic rings. The third-order valence-corrected chi connectivity index (χ3v) is 3.35. The average Bonchev–Trinajstić information content (AvgIpc) is 2.85. The molecule has 0 atom stereocenters. The highest BCUT2D eigenvalue weighted by molar-refractivity contribution is 9.10. The molecule has 1 N–H and O–H groups in total. The molecule has 1 aromatic heterocycles. The predicted octanol–water partition coefficient (Wildman–Crippen LogP) is 3.03. The van der Waals surface area contributed by atoms with Crippen molar-refractivity contribution in [1.82, 2.24) is 4.98 Å². The summed E-state index contributed by atoms with van der Waals surface area (Å²) in [5.74, 6) is 0.732. The number of rotatable bonds is 2. The lowest BCUT2D eigenvalue weighted by Crippen LogP contribution is -2.12. The molecule has 0 bridgehead atoms. The number of ether oxygens (including phenoxy) is 1. The first-order valence-electron chi connectivity index (χ1n) is 5.90. The van der Waals surface area contributed by atoms with Gasteiger partial charge in [-0.05, 0) is 45.8 Å². The van der Waals surface area contributed by atoms with Crippen molar-refractivity contribution >= 4 is 27.5 Å². The third kappa shape index (κ3) is 2.61. The first-order valence-corrected chi connectivity index (χ1v) is 6.69. The molecule has 0 fully saturated rings. The van der Waals surface area contributed by atoms with Gasteiger partial charge in [0.05, 0.1) is 18.5 Å². The van der Waals surface area contributed by atoms with Crippen LogP contribution in [0.1, 0.15) is 15.9 Å². The van der Waals surface area contributed by atoms with E-state index in [0.29, 0.717) is 17.9 Å². The number of nitrogens with one attached hydrogen (secondary N) is 1. The summed E-state index contributed by atoms with van der Waals surface area (Å²) < 4.78 is 6.25. The van der Waals surface area contributed by atoms with E-state index in [0.717, 1.165) is 22.2 Å². The topological polar surface area (TPSA) is 51.2 Å². The van der Waals surface area contributed by atoms with Crippen molar-refractivity contribution in [1.29, 1.82) is 0 Å². The molecule has 96 valence electrons. The predicted molar refractivity (Wildman–Crippen MR) is 75.5 cm³/mol. The minimum atomic E-state index is -0.144. The second-order valence-corrected chi connectivity index (χ2v) is 5.18. The number of hydrogen-bond donors (Lipinski definition) is 1. The average molecular weight is 319 g/mol. The van der Waals surface area contributed by atoms with Gasteiger partial charge in [-0.2, -0.15) is 0 Å². The number of aromatic nitrogens is 1. The second kappa shape index (κ2) is 5.01. The summed E-state index contributed by atoms with van der Waals surface area (Å²) in [4.78, 5) is 16.1. The van der Waals surface area contributed by atoms with Gasteiger partial charge in [0.1, 0.15) is 5.75 Å². The van der Waals surface area contributed by atoms with Crippen LogP contribution in [0.15, 0.2) is 41.1 Å². The summed E-state index contributed by atoms with van der Waals surface area (Å²) in [5.41, 5.74) is 2.38. The Morgan fingerprint density at radius 3 is 3.05 bits per heavy atom. The van der Waals surface area contributed by atoms with Crippen LogP contribution in [0.25, 0.3) is 0 Å². The van der Waals surface area contributed by atoms with Crippen LogP contribution < -0.4 is 10.1 Å². The SMILES string of the molecule is O=C(Nc1cncc(Br)c1)c1ccc2c(c1)CCO2. The molecule has 0 unspecified atom stereocenters. The number of fused-ring (bicyclic) bond motifs is 1. The number of halogens is 1. The Morgan fingerprint density at radius 2 is 2.21 bits per heavy atom. The molecule has 4 nitrogen and oxygen atoms in total. The zero-order valence-electron chi connectivity index (χ0n) is 10.0. The van der Waals surface area contributed by atoms with E-state index in [1.165, 1.54) is 0 Å². The normalized spacial score (nSPS) is 12.7. The summed E-state index contributed by atoms with van der Waals surface area (Å²) >= 11 is 3.32. The van der Waals surface area contributed by atoms with Crippen LogP contribution in [0, 0.1) is 0 Å². The zero-order valence-corrected chi connectivity index (χ0v) is 11.6. The van der Waals surface area contributed by atoms with E-state index < -0.39 is 0 Å². The number of benzene rings is 1. The van der Waals surface area contributed by atoms with Crippen LogP contribution in [0.4, 0.5) is 5.69 Å². The van der Waals surface area contributed by atoms with Gasteiger partial charge in [0.2, 0.25) is 0 Å². The van der Waals surface area contributed by atoms with E-state index in [4.69, 9.17) is 4.74 Å². The Morgan fingerprint density at radius 1 is 1.32 bits per heavy atom. The van der Waals surface area contributed by atoms with Crippen LogP contribution in [-0.4, -0.2) is 17.5 Å². The van der Waals surface area contributed by atoms with Crippen LogP contribution in [-0.2, 0) is 6.42 Å². The van der Waals surface area contributed by atoms with E-state index in [9.17, 15) is 4.79 Å². The quantitative estimate of drug-likeness (QED) is 0.926. The summed E-state index contributed by atoms with van der Waals surface area (Å²) in [6.07, 6.45) is 4.14. The molecule has 0 aliphatic carbocycles. The van der Waals surface area contributed by atoms with Gasteiger partial charge in [0, 0.05) is 22.7 Å². The summed E-state index contributed by atoms with van der Waals surface area (Å²) in [7, 11) is 0. The van der Waals surface area contributed by atoms with E-state index in [2.05, 4.69) is 26.2 Å². The minimum absolute atomic E-state index is 0.144. The molecule has 0 saturated heterocycles. The fourth-order valence-corrected chi connectivity index (χ4v) is 2.38. The van der Waals surface area contributed by atoms with Crippen molar-refractivity contribution < 1.29 is 9.53 Å². The summed E-state index contributed by atoms with van der Waals surface area (Å²) in [6, 6.07) is 7.30. The molecule has 5 heteroatoms. The molecule has 1 amide bonds. The molecule has 1 aliphatic heterocycles. The molecule has 0 saturated carbocycles. The lowest BCUT2D eigenvalue weighted by Gasteiger charge is -2.06. The Hall–Kier alpha value is -1.88. The Kier molecular flexibility index (Phi) is 3.21. The fraction of sp³-hybridized carbons (Fsp3) is 0.143. The van der Waals surface area contributed by atoms with Crippen molar-refractivity contribution in [2.24, 2.45) is 0 Å². The van der Waals surface area contributed by atoms with Gasteiger partial charge in [0.25, 0.3) is 5.91 Å². The van der Waals surface area contributed by atoms with Gasteiger partial charge < -0.3 is 10.1 Å². The maximum atomic E-state index is 12.1. The fourth-order valence-electron chi connectivity index (χ4n) is 2.01. The van der Waals surface area contributed by atoms with Crippen LogP contribution in [0.3, 0.4) is 0 Å². The number of nitrogens with zero attached hydrogens (tertiary/aromatic N) is 1. The van der Waals surface area contributed by atoms with Gasteiger partial charge in [-0.3, -0.25) is 9.78 Å². The van der Waals surface area contributed by atoms with E-state index >= 15 is 0 Å². The summed E-state index contributed by atoms with van der Waals surface area (Å²) in [5, 5.41) is 2.82. The Bertz CT molecular complexity index is 643. The second-order valence-electron chi connectivity index (χ2n) is 4.27. The number of amides is 1. The van der Waals surface area contributed by atoms with E-state index in [1.54, 1.807) is 24.5 Å². The number of hydrogen-bond acceptors (Lipinski definition) is 3.